The Kier molecular flexibility index (Phi) is 4.85. The third-order valence-corrected chi connectivity index (χ3v) is 3.59. The summed E-state index contributed by atoms with van der Waals surface area (Å²) >= 11 is 0. The van der Waals surface area contributed by atoms with Crippen LogP contribution < -0.4 is 5.32 Å². The third kappa shape index (κ3) is 3.67. The van der Waals surface area contributed by atoms with Gasteiger partial charge in [0.05, 0.1) is 5.92 Å². The first-order valence-electron chi connectivity index (χ1n) is 7.40. The van der Waals surface area contributed by atoms with Gasteiger partial charge >= 0.3 is 5.97 Å². The normalized spacial score (nSPS) is 14.0. The summed E-state index contributed by atoms with van der Waals surface area (Å²) in [4.78, 5) is 23.5. The van der Waals surface area contributed by atoms with E-state index in [9.17, 15) is 14.7 Å². The molecule has 5 nitrogen and oxygen atoms in total. The minimum atomic E-state index is -1.01. The maximum Gasteiger partial charge on any atom is 0.326 e. The van der Waals surface area contributed by atoms with E-state index < -0.39 is 17.9 Å². The predicted octanol–water partition coefficient (Wildman–Crippen LogP) is 3.15. The maximum absolute atomic E-state index is 12.3. The van der Waals surface area contributed by atoms with E-state index in [0.29, 0.717) is 17.8 Å². The van der Waals surface area contributed by atoms with Gasteiger partial charge in [-0.25, -0.2) is 4.79 Å². The number of hydrogen-bond donors (Lipinski definition) is 2. The van der Waals surface area contributed by atoms with Crippen LogP contribution in [0.5, 0.6) is 0 Å². The Bertz CT molecular complexity index is 641. The van der Waals surface area contributed by atoms with E-state index in [-0.39, 0.29) is 11.8 Å². The molecule has 0 aliphatic rings. The molecular formula is C17H21NO4. The van der Waals surface area contributed by atoms with E-state index in [4.69, 9.17) is 4.42 Å². The lowest BCUT2D eigenvalue weighted by Gasteiger charge is -2.18. The molecule has 2 rings (SSSR count). The first-order chi connectivity index (χ1) is 10.4. The topological polar surface area (TPSA) is 79.5 Å². The van der Waals surface area contributed by atoms with Gasteiger partial charge in [0, 0.05) is 5.39 Å². The van der Waals surface area contributed by atoms with E-state index in [1.807, 2.05) is 44.2 Å². The molecule has 1 heterocycles. The number of fused-ring (bicyclic) bond motifs is 1. The summed E-state index contributed by atoms with van der Waals surface area (Å²) in [5.74, 6) is -1.18. The second-order valence-electron chi connectivity index (χ2n) is 5.94. The third-order valence-electron chi connectivity index (χ3n) is 3.59. The summed E-state index contributed by atoms with van der Waals surface area (Å²) in [6, 6.07) is 8.45. The lowest BCUT2D eigenvalue weighted by atomic mass is 10.0. The average Bonchev–Trinajstić information content (AvgIpc) is 2.88. The van der Waals surface area contributed by atoms with Crippen LogP contribution in [0.15, 0.2) is 34.7 Å². The summed E-state index contributed by atoms with van der Waals surface area (Å²) in [5.41, 5.74) is 0.717. The minimum absolute atomic E-state index is 0.183. The molecule has 0 fully saturated rings. The SMILES string of the molecule is CC(C)C[C@H](NC(=O)C(C)c1cc2ccccc2o1)C(=O)O. The molecule has 0 spiro atoms. The molecule has 1 unspecified atom stereocenters. The highest BCUT2D eigenvalue weighted by Gasteiger charge is 2.26. The highest BCUT2D eigenvalue weighted by atomic mass is 16.4. The van der Waals surface area contributed by atoms with E-state index in [2.05, 4.69) is 5.32 Å². The number of hydrogen-bond acceptors (Lipinski definition) is 3. The fraction of sp³-hybridized carbons (Fsp3) is 0.412. The standard InChI is InChI=1S/C17H21NO4/c1-10(2)8-13(17(20)21)18-16(19)11(3)15-9-12-6-4-5-7-14(12)22-15/h4-7,9-11,13H,8H2,1-3H3,(H,18,19)(H,20,21)/t11?,13-/m0/s1. The quantitative estimate of drug-likeness (QED) is 0.859. The number of furan rings is 1. The number of aliphatic carboxylic acids is 1. The smallest absolute Gasteiger partial charge is 0.326 e. The zero-order valence-corrected chi connectivity index (χ0v) is 13.0. The fourth-order valence-corrected chi connectivity index (χ4v) is 2.33. The van der Waals surface area contributed by atoms with Crippen LogP contribution in [0.2, 0.25) is 0 Å². The Balaban J connectivity index is 2.12. The number of rotatable bonds is 6. The molecule has 2 aromatic rings. The van der Waals surface area contributed by atoms with Gasteiger partial charge < -0.3 is 14.8 Å². The molecular weight excluding hydrogens is 282 g/mol. The molecule has 5 heteroatoms. The Hall–Kier alpha value is -2.30. The molecule has 0 radical (unpaired) electrons. The molecule has 1 aromatic heterocycles. The van der Waals surface area contributed by atoms with Crippen molar-refractivity contribution in [1.29, 1.82) is 0 Å². The maximum atomic E-state index is 12.3. The lowest BCUT2D eigenvalue weighted by molar-refractivity contribution is -0.142. The van der Waals surface area contributed by atoms with Crippen molar-refractivity contribution in [1.82, 2.24) is 5.32 Å². The second kappa shape index (κ2) is 6.64. The van der Waals surface area contributed by atoms with Crippen molar-refractivity contribution in [3.8, 4) is 0 Å². The largest absolute Gasteiger partial charge is 0.480 e. The summed E-state index contributed by atoms with van der Waals surface area (Å²) in [5, 5.41) is 12.7. The summed E-state index contributed by atoms with van der Waals surface area (Å²) < 4.78 is 5.67. The van der Waals surface area contributed by atoms with Crippen LogP contribution in [0.1, 0.15) is 38.9 Å². The Morgan fingerprint density at radius 1 is 1.23 bits per heavy atom. The zero-order valence-electron chi connectivity index (χ0n) is 13.0. The molecule has 0 aliphatic carbocycles. The lowest BCUT2D eigenvalue weighted by Crippen LogP contribution is -2.43. The van der Waals surface area contributed by atoms with Crippen LogP contribution in [-0.4, -0.2) is 23.0 Å². The van der Waals surface area contributed by atoms with Gasteiger partial charge in [-0.1, -0.05) is 32.0 Å². The monoisotopic (exact) mass is 303 g/mol. The summed E-state index contributed by atoms with van der Waals surface area (Å²) in [6.45, 7) is 5.55. The minimum Gasteiger partial charge on any atom is -0.480 e. The molecule has 1 amide bonds. The van der Waals surface area contributed by atoms with Crippen molar-refractivity contribution in [2.45, 2.75) is 39.2 Å². The number of amides is 1. The molecule has 0 aliphatic heterocycles. The van der Waals surface area contributed by atoms with E-state index in [0.717, 1.165) is 5.39 Å². The molecule has 0 bridgehead atoms. The predicted molar refractivity (Wildman–Crippen MR) is 83.7 cm³/mol. The summed E-state index contributed by atoms with van der Waals surface area (Å²) in [6.07, 6.45) is 0.397. The van der Waals surface area contributed by atoms with Crippen molar-refractivity contribution in [3.05, 3.63) is 36.1 Å². The van der Waals surface area contributed by atoms with Crippen molar-refractivity contribution in [2.24, 2.45) is 5.92 Å². The second-order valence-corrected chi connectivity index (χ2v) is 5.94. The Morgan fingerprint density at radius 2 is 1.91 bits per heavy atom. The number of benzene rings is 1. The van der Waals surface area contributed by atoms with Gasteiger partial charge in [0.15, 0.2) is 0 Å². The first-order valence-corrected chi connectivity index (χ1v) is 7.40. The van der Waals surface area contributed by atoms with Crippen molar-refractivity contribution >= 4 is 22.8 Å². The molecule has 0 saturated heterocycles. The average molecular weight is 303 g/mol. The highest BCUT2D eigenvalue weighted by molar-refractivity contribution is 5.88. The van der Waals surface area contributed by atoms with Crippen molar-refractivity contribution < 1.29 is 19.1 Å². The molecule has 2 N–H and O–H groups in total. The van der Waals surface area contributed by atoms with E-state index >= 15 is 0 Å². The van der Waals surface area contributed by atoms with Gasteiger partial charge in [0.2, 0.25) is 5.91 Å². The van der Waals surface area contributed by atoms with Gasteiger partial charge in [-0.05, 0) is 31.4 Å². The number of carbonyl (C=O) groups is 2. The van der Waals surface area contributed by atoms with Crippen LogP contribution >= 0.6 is 0 Å². The number of para-hydroxylation sites is 1. The van der Waals surface area contributed by atoms with Gasteiger partial charge in [0.1, 0.15) is 17.4 Å². The highest BCUT2D eigenvalue weighted by Crippen LogP contribution is 2.25. The zero-order chi connectivity index (χ0) is 16.3. The fourth-order valence-electron chi connectivity index (χ4n) is 2.33. The Morgan fingerprint density at radius 3 is 2.50 bits per heavy atom. The van der Waals surface area contributed by atoms with Gasteiger partial charge in [0.25, 0.3) is 0 Å². The number of carboxylic acids is 1. The van der Waals surface area contributed by atoms with Gasteiger partial charge in [-0.15, -0.1) is 0 Å². The van der Waals surface area contributed by atoms with E-state index in [1.54, 1.807) is 6.92 Å². The van der Waals surface area contributed by atoms with Crippen LogP contribution in [0.4, 0.5) is 0 Å². The summed E-state index contributed by atoms with van der Waals surface area (Å²) in [7, 11) is 0. The number of carboxylic acid groups (broad SMARTS) is 1. The van der Waals surface area contributed by atoms with Crippen molar-refractivity contribution in [2.75, 3.05) is 0 Å². The van der Waals surface area contributed by atoms with Crippen LogP contribution in [0, 0.1) is 5.92 Å². The molecule has 0 saturated carbocycles. The molecule has 118 valence electrons. The molecule has 2 atom stereocenters. The molecule has 22 heavy (non-hydrogen) atoms. The molecule has 1 aromatic carbocycles. The number of nitrogens with one attached hydrogen (secondary N) is 1. The van der Waals surface area contributed by atoms with Crippen LogP contribution in [-0.2, 0) is 9.59 Å². The van der Waals surface area contributed by atoms with Gasteiger partial charge in [-0.2, -0.15) is 0 Å². The first kappa shape index (κ1) is 16.1. The Labute approximate surface area is 129 Å². The van der Waals surface area contributed by atoms with E-state index in [1.165, 1.54) is 0 Å². The number of carbonyl (C=O) groups excluding carboxylic acids is 1. The van der Waals surface area contributed by atoms with Crippen molar-refractivity contribution in [3.63, 3.8) is 0 Å². The van der Waals surface area contributed by atoms with Crippen LogP contribution in [0.25, 0.3) is 11.0 Å². The van der Waals surface area contributed by atoms with Gasteiger partial charge in [-0.3, -0.25) is 4.79 Å². The van der Waals surface area contributed by atoms with Crippen LogP contribution in [0.3, 0.4) is 0 Å².